The maximum Gasteiger partial charge on any atom is 0.133 e. The minimum Gasteiger partial charge on any atom is -0.496 e. The SMILES string of the molecule is COc1cc(I)cc(CC#N)c1I. The minimum absolute atomic E-state index is 0.436. The summed E-state index contributed by atoms with van der Waals surface area (Å²) in [6, 6.07) is 6.11. The van der Waals surface area contributed by atoms with Gasteiger partial charge >= 0.3 is 0 Å². The van der Waals surface area contributed by atoms with E-state index >= 15 is 0 Å². The first-order valence-electron chi connectivity index (χ1n) is 3.58. The molecule has 0 aromatic heterocycles. The van der Waals surface area contributed by atoms with Gasteiger partial charge in [0, 0.05) is 3.57 Å². The summed E-state index contributed by atoms with van der Waals surface area (Å²) in [5.74, 6) is 0.845. The number of benzene rings is 1. The molecular formula is C9H7I2NO. The largest absolute Gasteiger partial charge is 0.496 e. The number of hydrogen-bond acceptors (Lipinski definition) is 2. The van der Waals surface area contributed by atoms with Crippen LogP contribution in [0.1, 0.15) is 5.56 Å². The Kier molecular flexibility index (Phi) is 4.25. The van der Waals surface area contributed by atoms with E-state index < -0.39 is 0 Å². The average molecular weight is 399 g/mol. The Hall–Kier alpha value is -0.0300. The summed E-state index contributed by atoms with van der Waals surface area (Å²) < 4.78 is 7.32. The summed E-state index contributed by atoms with van der Waals surface area (Å²) in [5, 5.41) is 8.60. The quantitative estimate of drug-likeness (QED) is 0.717. The highest BCUT2D eigenvalue weighted by Gasteiger charge is 2.07. The summed E-state index contributed by atoms with van der Waals surface area (Å²) in [6.45, 7) is 0. The van der Waals surface area contributed by atoms with E-state index in [9.17, 15) is 0 Å². The predicted molar refractivity (Wildman–Crippen MR) is 67.7 cm³/mol. The van der Waals surface area contributed by atoms with Crippen LogP contribution in [0.5, 0.6) is 5.75 Å². The third-order valence-corrected chi connectivity index (χ3v) is 3.42. The van der Waals surface area contributed by atoms with Gasteiger partial charge in [-0.1, -0.05) is 0 Å². The Balaban J connectivity index is 3.20. The van der Waals surface area contributed by atoms with Gasteiger partial charge in [-0.25, -0.2) is 0 Å². The van der Waals surface area contributed by atoms with Crippen molar-refractivity contribution in [2.24, 2.45) is 0 Å². The molecule has 0 heterocycles. The van der Waals surface area contributed by atoms with Crippen LogP contribution < -0.4 is 4.74 Å². The molecule has 1 rings (SSSR count). The second-order valence-corrected chi connectivity index (χ2v) is 4.74. The van der Waals surface area contributed by atoms with Crippen LogP contribution in [0.2, 0.25) is 0 Å². The molecule has 0 unspecified atom stereocenters. The van der Waals surface area contributed by atoms with Gasteiger partial charge in [-0.05, 0) is 62.9 Å². The zero-order valence-corrected chi connectivity index (χ0v) is 11.3. The van der Waals surface area contributed by atoms with Gasteiger partial charge in [0.25, 0.3) is 0 Å². The molecule has 0 saturated heterocycles. The maximum atomic E-state index is 8.60. The molecule has 0 aliphatic heterocycles. The maximum absolute atomic E-state index is 8.60. The number of methoxy groups -OCH3 is 1. The van der Waals surface area contributed by atoms with E-state index in [0.29, 0.717) is 6.42 Å². The van der Waals surface area contributed by atoms with Gasteiger partial charge in [-0.3, -0.25) is 0 Å². The lowest BCUT2D eigenvalue weighted by Crippen LogP contribution is -1.94. The molecular weight excluding hydrogens is 392 g/mol. The highest BCUT2D eigenvalue weighted by Crippen LogP contribution is 2.27. The lowest BCUT2D eigenvalue weighted by Gasteiger charge is -2.07. The monoisotopic (exact) mass is 399 g/mol. The molecule has 0 atom stereocenters. The molecule has 0 aliphatic carbocycles. The Labute approximate surface area is 105 Å². The van der Waals surface area contributed by atoms with Gasteiger partial charge in [0.1, 0.15) is 5.75 Å². The lowest BCUT2D eigenvalue weighted by molar-refractivity contribution is 0.411. The number of rotatable bonds is 2. The predicted octanol–water partition coefficient (Wildman–Crippen LogP) is 2.97. The van der Waals surface area contributed by atoms with Crippen molar-refractivity contribution in [1.29, 1.82) is 5.26 Å². The summed E-state index contributed by atoms with van der Waals surface area (Å²) in [6.07, 6.45) is 0.436. The first-order valence-corrected chi connectivity index (χ1v) is 5.73. The molecule has 68 valence electrons. The van der Waals surface area contributed by atoms with E-state index in [2.05, 4.69) is 51.3 Å². The Morgan fingerprint density at radius 1 is 1.46 bits per heavy atom. The van der Waals surface area contributed by atoms with Gasteiger partial charge < -0.3 is 4.74 Å². The van der Waals surface area contributed by atoms with Crippen molar-refractivity contribution < 1.29 is 4.74 Å². The van der Waals surface area contributed by atoms with Crippen LogP contribution in [-0.2, 0) is 6.42 Å². The third-order valence-electron chi connectivity index (χ3n) is 1.57. The molecule has 13 heavy (non-hydrogen) atoms. The normalized spacial score (nSPS) is 9.38. The van der Waals surface area contributed by atoms with Gasteiger partial charge in [0.05, 0.1) is 23.2 Å². The van der Waals surface area contributed by atoms with Crippen molar-refractivity contribution in [3.8, 4) is 11.8 Å². The van der Waals surface area contributed by atoms with Gasteiger partial charge in [0.15, 0.2) is 0 Å². The van der Waals surface area contributed by atoms with E-state index in [1.54, 1.807) is 7.11 Å². The average Bonchev–Trinajstić information content (AvgIpc) is 2.11. The molecule has 0 saturated carbocycles. The Morgan fingerprint density at radius 3 is 2.69 bits per heavy atom. The minimum atomic E-state index is 0.436. The fourth-order valence-electron chi connectivity index (χ4n) is 0.981. The molecule has 0 spiro atoms. The Morgan fingerprint density at radius 2 is 2.15 bits per heavy atom. The van der Waals surface area contributed by atoms with Crippen LogP contribution in [0.25, 0.3) is 0 Å². The standard InChI is InChI=1S/C9H7I2NO/c1-13-8-5-7(10)4-6(2-3-12)9(8)11/h4-5H,2H2,1H3. The molecule has 0 aliphatic rings. The van der Waals surface area contributed by atoms with E-state index in [-0.39, 0.29) is 0 Å². The first kappa shape index (κ1) is 11.0. The van der Waals surface area contributed by atoms with Crippen molar-refractivity contribution in [2.75, 3.05) is 7.11 Å². The molecule has 0 amide bonds. The number of nitrogens with zero attached hydrogens (tertiary/aromatic N) is 1. The molecule has 0 fully saturated rings. The van der Waals surface area contributed by atoms with Gasteiger partial charge in [-0.2, -0.15) is 5.26 Å². The zero-order valence-electron chi connectivity index (χ0n) is 6.97. The van der Waals surface area contributed by atoms with E-state index in [0.717, 1.165) is 18.5 Å². The van der Waals surface area contributed by atoms with Crippen LogP contribution in [0.15, 0.2) is 12.1 Å². The van der Waals surface area contributed by atoms with Crippen molar-refractivity contribution in [2.45, 2.75) is 6.42 Å². The summed E-state index contributed by atoms with van der Waals surface area (Å²) >= 11 is 4.42. The van der Waals surface area contributed by atoms with Crippen LogP contribution in [0, 0.1) is 18.5 Å². The van der Waals surface area contributed by atoms with E-state index in [1.165, 1.54) is 0 Å². The highest BCUT2D eigenvalue weighted by atomic mass is 127. The first-order chi connectivity index (χ1) is 6.19. The van der Waals surface area contributed by atoms with Crippen LogP contribution in [-0.4, -0.2) is 7.11 Å². The smallest absolute Gasteiger partial charge is 0.133 e. The number of hydrogen-bond donors (Lipinski definition) is 0. The number of nitriles is 1. The van der Waals surface area contributed by atoms with Crippen molar-refractivity contribution in [1.82, 2.24) is 0 Å². The fraction of sp³-hybridized carbons (Fsp3) is 0.222. The van der Waals surface area contributed by atoms with Crippen LogP contribution in [0.4, 0.5) is 0 Å². The second-order valence-electron chi connectivity index (χ2n) is 2.42. The number of halogens is 2. The van der Waals surface area contributed by atoms with Crippen molar-refractivity contribution in [3.63, 3.8) is 0 Å². The van der Waals surface area contributed by atoms with Gasteiger partial charge in [0.2, 0.25) is 0 Å². The van der Waals surface area contributed by atoms with Crippen molar-refractivity contribution in [3.05, 3.63) is 24.8 Å². The van der Waals surface area contributed by atoms with Crippen LogP contribution in [0.3, 0.4) is 0 Å². The molecule has 1 aromatic rings. The molecule has 2 nitrogen and oxygen atoms in total. The highest BCUT2D eigenvalue weighted by molar-refractivity contribution is 14.1. The third kappa shape index (κ3) is 2.71. The second kappa shape index (κ2) is 5.00. The fourth-order valence-corrected chi connectivity index (χ4v) is 2.36. The summed E-state index contributed by atoms with van der Waals surface area (Å²) in [7, 11) is 1.64. The van der Waals surface area contributed by atoms with E-state index in [1.807, 2.05) is 12.1 Å². The zero-order chi connectivity index (χ0) is 9.84. The topological polar surface area (TPSA) is 33.0 Å². The summed E-state index contributed by atoms with van der Waals surface area (Å²) in [4.78, 5) is 0. The molecule has 0 bridgehead atoms. The van der Waals surface area contributed by atoms with Gasteiger partial charge in [-0.15, -0.1) is 0 Å². The molecule has 4 heteroatoms. The Bertz CT molecular complexity index is 357. The lowest BCUT2D eigenvalue weighted by atomic mass is 10.1. The van der Waals surface area contributed by atoms with Crippen molar-refractivity contribution >= 4 is 45.2 Å². The van der Waals surface area contributed by atoms with E-state index in [4.69, 9.17) is 10.00 Å². The molecule has 0 N–H and O–H groups in total. The van der Waals surface area contributed by atoms with Crippen LogP contribution >= 0.6 is 45.2 Å². The molecule has 1 aromatic carbocycles. The number of ether oxygens (including phenoxy) is 1. The summed E-state index contributed by atoms with van der Waals surface area (Å²) in [5.41, 5.74) is 1.03. The molecule has 0 radical (unpaired) electrons.